The van der Waals surface area contributed by atoms with Gasteiger partial charge in [0, 0.05) is 44.0 Å². The zero-order valence-corrected chi connectivity index (χ0v) is 21.2. The quantitative estimate of drug-likeness (QED) is 0.625. The van der Waals surface area contributed by atoms with E-state index in [1.54, 1.807) is 22.7 Å². The Morgan fingerprint density at radius 3 is 2.71 bits per heavy atom. The van der Waals surface area contributed by atoms with Crippen molar-refractivity contribution in [1.29, 1.82) is 0 Å². The lowest BCUT2D eigenvalue weighted by Crippen LogP contribution is -2.47. The number of hydrogen-bond donors (Lipinski definition) is 1. The van der Waals surface area contributed by atoms with Crippen LogP contribution in [0.25, 0.3) is 0 Å². The maximum atomic E-state index is 13.1. The van der Waals surface area contributed by atoms with Gasteiger partial charge in [0.25, 0.3) is 0 Å². The van der Waals surface area contributed by atoms with Gasteiger partial charge in [-0.3, -0.25) is 4.79 Å². The topological polar surface area (TPSA) is 118 Å². The Morgan fingerprint density at radius 2 is 2.03 bits per heavy atom. The van der Waals surface area contributed by atoms with Crippen LogP contribution in [0.1, 0.15) is 32.4 Å². The summed E-state index contributed by atoms with van der Waals surface area (Å²) >= 11 is 5.91. The third-order valence-electron chi connectivity index (χ3n) is 6.10. The first kappa shape index (κ1) is 26.6. The van der Waals surface area contributed by atoms with Crippen molar-refractivity contribution in [2.75, 3.05) is 26.7 Å². The van der Waals surface area contributed by atoms with Crippen LogP contribution in [0.4, 0.5) is 0 Å². The van der Waals surface area contributed by atoms with Crippen molar-refractivity contribution in [1.82, 2.24) is 24.2 Å². The first-order valence-electron chi connectivity index (χ1n) is 11.2. The van der Waals surface area contributed by atoms with E-state index in [1.807, 2.05) is 6.92 Å². The van der Waals surface area contributed by atoms with Crippen molar-refractivity contribution < 1.29 is 23.1 Å². The number of aryl methyl sites for hydroxylation is 1. The summed E-state index contributed by atoms with van der Waals surface area (Å²) in [6.45, 7) is 4.66. The molecule has 12 heteroatoms. The molecule has 188 valence electrons. The number of benzene rings is 1. The van der Waals surface area contributed by atoms with E-state index in [0.29, 0.717) is 31.0 Å². The third-order valence-corrected chi connectivity index (χ3v) is 8.19. The van der Waals surface area contributed by atoms with E-state index in [2.05, 4.69) is 10.3 Å². The van der Waals surface area contributed by atoms with Crippen LogP contribution in [-0.4, -0.2) is 82.5 Å². The van der Waals surface area contributed by atoms with Crippen LogP contribution in [0.3, 0.4) is 0 Å². The molecule has 0 aliphatic carbocycles. The van der Waals surface area contributed by atoms with Crippen LogP contribution >= 0.6 is 11.6 Å². The molecule has 0 bridgehead atoms. The normalized spacial score (nSPS) is 21.6. The molecule has 0 fully saturated rings. The molecular weight excluding hydrogens is 482 g/mol. The van der Waals surface area contributed by atoms with E-state index >= 15 is 0 Å². The predicted octanol–water partition coefficient (Wildman–Crippen LogP) is 1.78. The first-order chi connectivity index (χ1) is 16.1. The standard InChI is InChI=1S/C22H32ClN5O5S/c1-16-12-27(17(2)14-29)22(30)5-4-10-28-19(11-24-25-28)15-33-21(16)13-26(3)34(31,32)20-8-6-18(23)7-9-20/h6-9,11,16-17,21,29H,4-5,10,12-15H2,1-3H3/t16-,17+,21-/m1/s1. The number of hydrogen-bond acceptors (Lipinski definition) is 7. The van der Waals surface area contributed by atoms with Crippen LogP contribution < -0.4 is 0 Å². The van der Waals surface area contributed by atoms with E-state index in [1.165, 1.54) is 35.6 Å². The molecule has 0 saturated heterocycles. The van der Waals surface area contributed by atoms with E-state index in [4.69, 9.17) is 16.3 Å². The van der Waals surface area contributed by atoms with E-state index in [0.717, 1.165) is 5.69 Å². The highest BCUT2D eigenvalue weighted by atomic mass is 35.5. The molecule has 2 aromatic rings. The fourth-order valence-corrected chi connectivity index (χ4v) is 5.19. The molecule has 1 amide bonds. The number of aliphatic hydroxyl groups is 1. The second-order valence-electron chi connectivity index (χ2n) is 8.70. The highest BCUT2D eigenvalue weighted by molar-refractivity contribution is 7.89. The Morgan fingerprint density at radius 1 is 1.32 bits per heavy atom. The second kappa shape index (κ2) is 11.6. The van der Waals surface area contributed by atoms with Gasteiger partial charge >= 0.3 is 0 Å². The molecule has 3 atom stereocenters. The number of likely N-dealkylation sites (N-methyl/N-ethyl adjacent to an activating group) is 1. The van der Waals surface area contributed by atoms with Gasteiger partial charge in [-0.15, -0.1) is 5.10 Å². The zero-order valence-electron chi connectivity index (χ0n) is 19.7. The average Bonchev–Trinajstić information content (AvgIpc) is 3.25. The number of ether oxygens (including phenoxy) is 1. The molecule has 0 unspecified atom stereocenters. The molecule has 1 aliphatic heterocycles. The summed E-state index contributed by atoms with van der Waals surface area (Å²) in [6, 6.07) is 5.63. The minimum absolute atomic E-state index is 0.0726. The average molecular weight is 514 g/mol. The SMILES string of the molecule is C[C@@H]1CN([C@@H](C)CO)C(=O)CCCn2nncc2CO[C@@H]1CN(C)S(=O)(=O)c1ccc(Cl)cc1. The van der Waals surface area contributed by atoms with Crippen molar-refractivity contribution in [3.05, 3.63) is 41.2 Å². The van der Waals surface area contributed by atoms with Crippen LogP contribution in [0, 0.1) is 5.92 Å². The van der Waals surface area contributed by atoms with Gasteiger partial charge in [-0.1, -0.05) is 23.7 Å². The largest absolute Gasteiger partial charge is 0.394 e. The zero-order chi connectivity index (χ0) is 24.9. The number of amides is 1. The van der Waals surface area contributed by atoms with E-state index in [9.17, 15) is 18.3 Å². The lowest BCUT2D eigenvalue weighted by Gasteiger charge is -2.35. The molecule has 3 rings (SSSR count). The van der Waals surface area contributed by atoms with Crippen LogP contribution in [0.15, 0.2) is 35.4 Å². The molecule has 0 spiro atoms. The number of halogens is 1. The summed E-state index contributed by atoms with van der Waals surface area (Å²) in [6.07, 6.45) is 1.98. The summed E-state index contributed by atoms with van der Waals surface area (Å²) in [5.41, 5.74) is 0.758. The number of carbonyl (C=O) groups is 1. The number of carbonyl (C=O) groups excluding carboxylic acids is 1. The molecule has 1 aromatic heterocycles. The van der Waals surface area contributed by atoms with Crippen molar-refractivity contribution in [2.24, 2.45) is 5.92 Å². The summed E-state index contributed by atoms with van der Waals surface area (Å²) in [5, 5.41) is 18.2. The molecule has 10 nitrogen and oxygen atoms in total. The Balaban J connectivity index is 1.86. The smallest absolute Gasteiger partial charge is 0.242 e. The van der Waals surface area contributed by atoms with Gasteiger partial charge in [0.1, 0.15) is 0 Å². The van der Waals surface area contributed by atoms with Crippen LogP contribution in [0.5, 0.6) is 0 Å². The van der Waals surface area contributed by atoms with Crippen molar-refractivity contribution in [3.8, 4) is 0 Å². The molecule has 2 heterocycles. The van der Waals surface area contributed by atoms with Gasteiger partial charge in [0.2, 0.25) is 15.9 Å². The Kier molecular flexibility index (Phi) is 9.05. The lowest BCUT2D eigenvalue weighted by molar-refractivity contribution is -0.136. The third kappa shape index (κ3) is 6.33. The first-order valence-corrected chi connectivity index (χ1v) is 13.1. The summed E-state index contributed by atoms with van der Waals surface area (Å²) in [4.78, 5) is 14.7. The molecule has 1 aliphatic rings. The van der Waals surface area contributed by atoms with Gasteiger partial charge in [0.05, 0.1) is 42.1 Å². The number of fused-ring (bicyclic) bond motifs is 1. The summed E-state index contributed by atoms with van der Waals surface area (Å²) in [7, 11) is -2.28. The highest BCUT2D eigenvalue weighted by Crippen LogP contribution is 2.22. The molecule has 1 N–H and O–H groups in total. The van der Waals surface area contributed by atoms with Crippen LogP contribution in [0.2, 0.25) is 5.02 Å². The summed E-state index contributed by atoms with van der Waals surface area (Å²) < 4.78 is 35.4. The molecular formula is C22H32ClN5O5S. The maximum absolute atomic E-state index is 13.1. The van der Waals surface area contributed by atoms with Crippen molar-refractivity contribution >= 4 is 27.5 Å². The molecule has 1 aromatic carbocycles. The molecule has 34 heavy (non-hydrogen) atoms. The minimum atomic E-state index is -3.78. The van der Waals surface area contributed by atoms with Gasteiger partial charge in [-0.05, 0) is 37.6 Å². The number of sulfonamides is 1. The fraction of sp³-hybridized carbons (Fsp3) is 0.591. The van der Waals surface area contributed by atoms with Gasteiger partial charge in [0.15, 0.2) is 0 Å². The van der Waals surface area contributed by atoms with Crippen molar-refractivity contribution in [3.63, 3.8) is 0 Å². The van der Waals surface area contributed by atoms with Gasteiger partial charge in [-0.25, -0.2) is 13.1 Å². The Bertz CT molecular complexity index is 1060. The van der Waals surface area contributed by atoms with Gasteiger partial charge < -0.3 is 14.7 Å². The number of aliphatic hydroxyl groups excluding tert-OH is 1. The fourth-order valence-electron chi connectivity index (χ4n) is 3.88. The Hall–Kier alpha value is -2.05. The van der Waals surface area contributed by atoms with Crippen LogP contribution in [-0.2, 0) is 32.7 Å². The van der Waals surface area contributed by atoms with E-state index < -0.39 is 16.1 Å². The molecule has 0 radical (unpaired) electrons. The molecule has 0 saturated carbocycles. The number of nitrogens with zero attached hydrogens (tertiary/aromatic N) is 5. The number of aromatic nitrogens is 3. The minimum Gasteiger partial charge on any atom is -0.394 e. The second-order valence-corrected chi connectivity index (χ2v) is 11.2. The van der Waals surface area contributed by atoms with Gasteiger partial charge in [-0.2, -0.15) is 4.31 Å². The maximum Gasteiger partial charge on any atom is 0.242 e. The summed E-state index contributed by atoms with van der Waals surface area (Å²) in [5.74, 6) is -0.291. The van der Waals surface area contributed by atoms with Crippen molar-refractivity contribution in [2.45, 2.75) is 56.9 Å². The van der Waals surface area contributed by atoms with E-state index in [-0.39, 0.29) is 42.5 Å². The lowest BCUT2D eigenvalue weighted by atomic mass is 10.0. The monoisotopic (exact) mass is 513 g/mol. The highest BCUT2D eigenvalue weighted by Gasteiger charge is 2.31. The Labute approximate surface area is 205 Å². The number of rotatable bonds is 6. The predicted molar refractivity (Wildman–Crippen MR) is 127 cm³/mol.